The second-order valence-corrected chi connectivity index (χ2v) is 15.3. The van der Waals surface area contributed by atoms with Crippen LogP contribution in [0.4, 0.5) is 0 Å². The van der Waals surface area contributed by atoms with E-state index in [4.69, 9.17) is 14.7 Å². The third-order valence-electron chi connectivity index (χ3n) is 11.9. The van der Waals surface area contributed by atoms with Gasteiger partial charge in [0.25, 0.3) is 0 Å². The monoisotopic (exact) mass is 750 g/mol. The fourth-order valence-electron chi connectivity index (χ4n) is 8.98. The van der Waals surface area contributed by atoms with E-state index in [1.807, 2.05) is 24.3 Å². The van der Waals surface area contributed by atoms with Crippen LogP contribution < -0.4 is 4.74 Å². The Kier molecular flexibility index (Phi) is 7.54. The molecule has 11 aromatic rings. The zero-order valence-electron chi connectivity index (χ0n) is 31.9. The van der Waals surface area contributed by atoms with Gasteiger partial charge in [-0.05, 0) is 95.9 Å². The van der Waals surface area contributed by atoms with Gasteiger partial charge in [-0.15, -0.1) is 0 Å². The van der Waals surface area contributed by atoms with Crippen LogP contribution in [0.25, 0.3) is 110 Å². The van der Waals surface area contributed by atoms with Gasteiger partial charge in [0.15, 0.2) is 5.82 Å². The minimum Gasteiger partial charge on any atom is -0.456 e. The molecule has 0 spiro atoms. The van der Waals surface area contributed by atoms with Gasteiger partial charge in [-0.1, -0.05) is 176 Å². The molecule has 0 unspecified atom stereocenters. The number of rotatable bonds is 5. The normalized spacial score (nSPS) is 11.9. The second kappa shape index (κ2) is 13.4. The molecule has 3 nitrogen and oxygen atoms in total. The van der Waals surface area contributed by atoms with E-state index >= 15 is 0 Å². The number of aromatic nitrogens is 2. The Morgan fingerprint density at radius 3 is 1.71 bits per heavy atom. The van der Waals surface area contributed by atoms with Gasteiger partial charge in [-0.2, -0.15) is 0 Å². The third-order valence-corrected chi connectivity index (χ3v) is 11.9. The van der Waals surface area contributed by atoms with Gasteiger partial charge in [0.1, 0.15) is 11.5 Å². The Bertz CT molecular complexity index is 3440. The average Bonchev–Trinajstić information content (AvgIpc) is 3.31. The van der Waals surface area contributed by atoms with E-state index in [9.17, 15) is 0 Å². The predicted molar refractivity (Wildman–Crippen MR) is 245 cm³/mol. The number of benzene rings is 10. The fraction of sp³-hybridized carbons (Fsp3) is 0. The van der Waals surface area contributed by atoms with Crippen molar-refractivity contribution < 1.29 is 4.74 Å². The zero-order chi connectivity index (χ0) is 38.9. The molecule has 0 aliphatic carbocycles. The third kappa shape index (κ3) is 5.59. The van der Waals surface area contributed by atoms with Crippen LogP contribution in [0.5, 0.6) is 11.5 Å². The van der Waals surface area contributed by atoms with E-state index in [0.717, 1.165) is 61.7 Å². The second-order valence-electron chi connectivity index (χ2n) is 15.3. The van der Waals surface area contributed by atoms with Crippen LogP contribution in [0.1, 0.15) is 0 Å². The van der Waals surface area contributed by atoms with Crippen LogP contribution in [0.3, 0.4) is 0 Å². The summed E-state index contributed by atoms with van der Waals surface area (Å²) in [5, 5.41) is 9.86. The summed E-state index contributed by atoms with van der Waals surface area (Å²) in [5.74, 6) is 2.48. The first-order chi connectivity index (χ1) is 29.2. The first kappa shape index (κ1) is 33.3. The van der Waals surface area contributed by atoms with E-state index < -0.39 is 0 Å². The SMILES string of the molecule is c1ccc(-c2nc(-c3ccc(-c4ccc5c(c4)-c4cccc6cccc(c46)O5)cc3)cc(-c3ccc(-c4c5ccccc5cc5c4ccc4ccccc45)cc3)n2)cc1. The first-order valence-electron chi connectivity index (χ1n) is 20.1. The molecule has 59 heavy (non-hydrogen) atoms. The highest BCUT2D eigenvalue weighted by atomic mass is 16.5. The first-order valence-corrected chi connectivity index (χ1v) is 20.1. The summed E-state index contributed by atoms with van der Waals surface area (Å²) in [6, 6.07) is 73.4. The summed E-state index contributed by atoms with van der Waals surface area (Å²) in [6.07, 6.45) is 0. The number of hydrogen-bond donors (Lipinski definition) is 0. The lowest BCUT2D eigenvalue weighted by Gasteiger charge is -2.22. The molecule has 0 amide bonds. The summed E-state index contributed by atoms with van der Waals surface area (Å²) in [4.78, 5) is 10.3. The van der Waals surface area contributed by atoms with Gasteiger partial charge in [0, 0.05) is 27.6 Å². The van der Waals surface area contributed by atoms with E-state index in [0.29, 0.717) is 5.82 Å². The van der Waals surface area contributed by atoms with E-state index in [2.05, 4.69) is 182 Å². The molecule has 3 heteroatoms. The van der Waals surface area contributed by atoms with Crippen molar-refractivity contribution in [2.45, 2.75) is 0 Å². The van der Waals surface area contributed by atoms with Gasteiger partial charge >= 0.3 is 0 Å². The lowest BCUT2D eigenvalue weighted by Crippen LogP contribution is -1.97. The molecule has 0 saturated carbocycles. The highest BCUT2D eigenvalue weighted by Gasteiger charge is 2.21. The molecule has 0 saturated heterocycles. The van der Waals surface area contributed by atoms with Crippen molar-refractivity contribution in [1.29, 1.82) is 0 Å². The van der Waals surface area contributed by atoms with E-state index in [1.165, 1.54) is 54.4 Å². The molecule has 274 valence electrons. The van der Waals surface area contributed by atoms with Gasteiger partial charge in [-0.3, -0.25) is 0 Å². The van der Waals surface area contributed by atoms with E-state index in [-0.39, 0.29) is 0 Å². The topological polar surface area (TPSA) is 35.0 Å². The minimum atomic E-state index is 0.697. The Hall–Kier alpha value is -7.88. The van der Waals surface area contributed by atoms with Crippen molar-refractivity contribution in [3.05, 3.63) is 206 Å². The summed E-state index contributed by atoms with van der Waals surface area (Å²) >= 11 is 0. The number of fused-ring (bicyclic) bond motifs is 6. The van der Waals surface area contributed by atoms with Crippen molar-refractivity contribution in [3.8, 4) is 78.8 Å². The van der Waals surface area contributed by atoms with Gasteiger partial charge in [0.2, 0.25) is 0 Å². The maximum absolute atomic E-state index is 6.38. The molecule has 2 heterocycles. The highest BCUT2D eigenvalue weighted by Crippen LogP contribution is 2.47. The Morgan fingerprint density at radius 2 is 0.932 bits per heavy atom. The van der Waals surface area contributed by atoms with Crippen molar-refractivity contribution in [1.82, 2.24) is 9.97 Å². The molecule has 0 fully saturated rings. The molecule has 0 radical (unpaired) electrons. The number of ether oxygens (including phenoxy) is 1. The minimum absolute atomic E-state index is 0.697. The van der Waals surface area contributed by atoms with Crippen LogP contribution in [-0.2, 0) is 0 Å². The summed E-state index contributed by atoms with van der Waals surface area (Å²) in [5.41, 5.74) is 11.8. The molecular formula is C56H34N2O. The van der Waals surface area contributed by atoms with Gasteiger partial charge in [-0.25, -0.2) is 9.97 Å². The van der Waals surface area contributed by atoms with Crippen LogP contribution in [0.15, 0.2) is 206 Å². The van der Waals surface area contributed by atoms with Crippen molar-refractivity contribution in [3.63, 3.8) is 0 Å². The molecule has 0 N–H and O–H groups in total. The summed E-state index contributed by atoms with van der Waals surface area (Å²) in [7, 11) is 0. The largest absolute Gasteiger partial charge is 0.456 e. The van der Waals surface area contributed by atoms with Gasteiger partial charge < -0.3 is 4.74 Å². The maximum Gasteiger partial charge on any atom is 0.160 e. The molecule has 1 aliphatic rings. The van der Waals surface area contributed by atoms with Crippen molar-refractivity contribution >= 4 is 43.1 Å². The maximum atomic E-state index is 6.38. The number of hydrogen-bond acceptors (Lipinski definition) is 3. The molecule has 12 rings (SSSR count). The molecule has 1 aliphatic heterocycles. The predicted octanol–water partition coefficient (Wildman–Crippen LogP) is 15.2. The Labute approximate surface area is 341 Å². The average molecular weight is 751 g/mol. The molecule has 1 aromatic heterocycles. The molecule has 10 aromatic carbocycles. The highest BCUT2D eigenvalue weighted by molar-refractivity contribution is 6.20. The Balaban J connectivity index is 0.930. The smallest absolute Gasteiger partial charge is 0.160 e. The quantitative estimate of drug-likeness (QED) is 0.130. The van der Waals surface area contributed by atoms with E-state index in [1.54, 1.807) is 0 Å². The summed E-state index contributed by atoms with van der Waals surface area (Å²) < 4.78 is 6.38. The van der Waals surface area contributed by atoms with Crippen LogP contribution in [-0.4, -0.2) is 9.97 Å². The van der Waals surface area contributed by atoms with Crippen LogP contribution in [0.2, 0.25) is 0 Å². The zero-order valence-corrected chi connectivity index (χ0v) is 31.9. The molecule has 0 atom stereocenters. The molecular weight excluding hydrogens is 717 g/mol. The van der Waals surface area contributed by atoms with Crippen LogP contribution >= 0.6 is 0 Å². The molecule has 0 bridgehead atoms. The van der Waals surface area contributed by atoms with Gasteiger partial charge in [0.05, 0.1) is 11.4 Å². The standard InChI is InChI=1S/C56H34N2O/c1-2-11-41(12-3-1)56-57-50(37-22-20-35(21-23-37)42-29-31-52-49(32-42)46-18-8-14-39-15-9-19-53(59-52)55(39)46)34-51(58-56)38-24-26-40(27-25-38)54-45-17-7-5-13-43(45)33-48-44-16-6-4-10-36(44)28-30-47(48)54/h1-34H. The fourth-order valence-corrected chi connectivity index (χ4v) is 8.98. The van der Waals surface area contributed by atoms with Crippen molar-refractivity contribution in [2.24, 2.45) is 0 Å². The lowest BCUT2D eigenvalue weighted by molar-refractivity contribution is 0.487. The Morgan fingerprint density at radius 1 is 0.305 bits per heavy atom. The summed E-state index contributed by atoms with van der Waals surface area (Å²) in [6.45, 7) is 0. The van der Waals surface area contributed by atoms with Crippen LogP contribution in [0, 0.1) is 0 Å². The van der Waals surface area contributed by atoms with Crippen molar-refractivity contribution in [2.75, 3.05) is 0 Å². The number of nitrogens with zero attached hydrogens (tertiary/aromatic N) is 2. The lowest BCUT2D eigenvalue weighted by atomic mass is 9.89.